The van der Waals surface area contributed by atoms with Crippen LogP contribution in [0.3, 0.4) is 0 Å². The number of ketones is 1. The van der Waals surface area contributed by atoms with Gasteiger partial charge in [-0.2, -0.15) is 0 Å². The molecule has 1 N–H and O–H groups in total. The summed E-state index contributed by atoms with van der Waals surface area (Å²) in [5.41, 5.74) is 2.50. The summed E-state index contributed by atoms with van der Waals surface area (Å²) in [7, 11) is 1.56. The second-order valence-corrected chi connectivity index (χ2v) is 7.23. The average molecular weight is 415 g/mol. The molecule has 3 heterocycles. The van der Waals surface area contributed by atoms with Crippen LogP contribution in [-0.4, -0.2) is 38.8 Å². The van der Waals surface area contributed by atoms with Crippen molar-refractivity contribution in [1.82, 2.24) is 14.9 Å². The van der Waals surface area contributed by atoms with E-state index in [0.717, 1.165) is 11.1 Å². The lowest BCUT2D eigenvalue weighted by Crippen LogP contribution is -2.29. The lowest BCUT2D eigenvalue weighted by molar-refractivity contribution is -0.140. The summed E-state index contributed by atoms with van der Waals surface area (Å²) in [6.07, 6.45) is 4.87. The molecule has 4 rings (SSSR count). The summed E-state index contributed by atoms with van der Waals surface area (Å²) in [6, 6.07) is 13.1. The van der Waals surface area contributed by atoms with Crippen molar-refractivity contribution in [2.45, 2.75) is 19.5 Å². The average Bonchev–Trinajstić information content (AvgIpc) is 3.04. The van der Waals surface area contributed by atoms with Gasteiger partial charge in [0.2, 0.25) is 0 Å². The Morgan fingerprint density at radius 3 is 2.61 bits per heavy atom. The molecular weight excluding hydrogens is 394 g/mol. The molecule has 0 aliphatic carbocycles. The normalized spacial score (nSPS) is 17.7. The number of aryl methyl sites for hydroxylation is 1. The number of aliphatic hydroxyl groups is 1. The molecule has 1 amide bonds. The highest BCUT2D eigenvalue weighted by Gasteiger charge is 2.46. The minimum Gasteiger partial charge on any atom is -0.507 e. The Morgan fingerprint density at radius 1 is 1.13 bits per heavy atom. The quantitative estimate of drug-likeness (QED) is 0.390. The van der Waals surface area contributed by atoms with Crippen LogP contribution in [0.4, 0.5) is 0 Å². The molecule has 0 spiro atoms. The van der Waals surface area contributed by atoms with Crippen molar-refractivity contribution >= 4 is 17.4 Å². The van der Waals surface area contributed by atoms with Crippen molar-refractivity contribution < 1.29 is 19.4 Å². The third kappa shape index (κ3) is 3.77. The van der Waals surface area contributed by atoms with Crippen molar-refractivity contribution in [2.24, 2.45) is 0 Å². The summed E-state index contributed by atoms with van der Waals surface area (Å²) in [6.45, 7) is 2.00. The number of ether oxygens (including phenoxy) is 1. The van der Waals surface area contributed by atoms with Gasteiger partial charge in [0.15, 0.2) is 0 Å². The molecule has 1 aromatic carbocycles. The Labute approximate surface area is 179 Å². The van der Waals surface area contributed by atoms with E-state index in [4.69, 9.17) is 4.74 Å². The SMILES string of the molecule is COc1ccc(/C(O)=C2\C(=O)C(=O)N(Cc3cccnc3)C2c2ccccn2)cc1C. The molecule has 0 bridgehead atoms. The summed E-state index contributed by atoms with van der Waals surface area (Å²) in [4.78, 5) is 35.9. The first-order chi connectivity index (χ1) is 15.0. The van der Waals surface area contributed by atoms with Gasteiger partial charge < -0.3 is 14.7 Å². The zero-order chi connectivity index (χ0) is 22.0. The van der Waals surface area contributed by atoms with E-state index < -0.39 is 17.7 Å². The molecular formula is C24H21N3O4. The van der Waals surface area contributed by atoms with Crippen LogP contribution in [0, 0.1) is 6.92 Å². The van der Waals surface area contributed by atoms with E-state index in [2.05, 4.69) is 9.97 Å². The van der Waals surface area contributed by atoms with Crippen molar-refractivity contribution in [1.29, 1.82) is 0 Å². The monoisotopic (exact) mass is 415 g/mol. The Kier molecular flexibility index (Phi) is 5.49. The zero-order valence-corrected chi connectivity index (χ0v) is 17.1. The van der Waals surface area contributed by atoms with Gasteiger partial charge in [-0.3, -0.25) is 19.6 Å². The molecule has 0 saturated carbocycles. The van der Waals surface area contributed by atoms with E-state index in [-0.39, 0.29) is 17.9 Å². The third-order valence-corrected chi connectivity index (χ3v) is 5.25. The first kappa shape index (κ1) is 20.3. The molecule has 1 unspecified atom stereocenters. The van der Waals surface area contributed by atoms with E-state index >= 15 is 0 Å². The topological polar surface area (TPSA) is 92.6 Å². The minimum absolute atomic E-state index is 0.0113. The molecule has 3 aromatic rings. The van der Waals surface area contributed by atoms with E-state index in [9.17, 15) is 14.7 Å². The van der Waals surface area contributed by atoms with E-state index in [0.29, 0.717) is 17.0 Å². The summed E-state index contributed by atoms with van der Waals surface area (Å²) < 4.78 is 5.27. The van der Waals surface area contributed by atoms with E-state index in [1.54, 1.807) is 68.2 Å². The van der Waals surface area contributed by atoms with Gasteiger partial charge in [-0.05, 0) is 54.4 Å². The Balaban J connectivity index is 1.85. The van der Waals surface area contributed by atoms with Crippen molar-refractivity contribution in [3.8, 4) is 5.75 Å². The molecule has 1 aliphatic rings. The molecule has 7 nitrogen and oxygen atoms in total. The van der Waals surface area contributed by atoms with Crippen LogP contribution in [0.5, 0.6) is 5.75 Å². The van der Waals surface area contributed by atoms with Gasteiger partial charge in [0, 0.05) is 30.7 Å². The van der Waals surface area contributed by atoms with Gasteiger partial charge in [-0.15, -0.1) is 0 Å². The standard InChI is InChI=1S/C24H21N3O4/c1-15-12-17(8-9-19(15)31-2)22(28)20-21(18-7-3-4-11-26-18)27(24(30)23(20)29)14-16-6-5-10-25-13-16/h3-13,21,28H,14H2,1-2H3/b22-20+. The van der Waals surface area contributed by atoms with Gasteiger partial charge >= 0.3 is 0 Å². The summed E-state index contributed by atoms with van der Waals surface area (Å²) in [5, 5.41) is 11.1. The maximum atomic E-state index is 13.0. The Bertz CT molecular complexity index is 1160. The fourth-order valence-corrected chi connectivity index (χ4v) is 3.76. The number of pyridine rings is 2. The Morgan fingerprint density at radius 2 is 1.97 bits per heavy atom. The number of rotatable bonds is 5. The van der Waals surface area contributed by atoms with Crippen LogP contribution in [0.2, 0.25) is 0 Å². The minimum atomic E-state index is -0.816. The van der Waals surface area contributed by atoms with Crippen molar-refractivity contribution in [2.75, 3.05) is 7.11 Å². The van der Waals surface area contributed by atoms with Gasteiger partial charge in [0.1, 0.15) is 17.6 Å². The van der Waals surface area contributed by atoms with Crippen LogP contribution in [0.25, 0.3) is 5.76 Å². The maximum Gasteiger partial charge on any atom is 0.296 e. The highest BCUT2D eigenvalue weighted by atomic mass is 16.5. The number of amides is 1. The molecule has 1 fully saturated rings. The number of aliphatic hydroxyl groups excluding tert-OH is 1. The second kappa shape index (κ2) is 8.39. The molecule has 2 aromatic heterocycles. The van der Waals surface area contributed by atoms with Gasteiger partial charge in [-0.1, -0.05) is 12.1 Å². The van der Waals surface area contributed by atoms with Gasteiger partial charge in [0.25, 0.3) is 11.7 Å². The van der Waals surface area contributed by atoms with Crippen LogP contribution >= 0.6 is 0 Å². The van der Waals surface area contributed by atoms with Crippen LogP contribution in [0.15, 0.2) is 72.7 Å². The maximum absolute atomic E-state index is 13.0. The lowest BCUT2D eigenvalue weighted by atomic mass is 9.97. The van der Waals surface area contributed by atoms with E-state index in [1.165, 1.54) is 4.90 Å². The number of benzene rings is 1. The van der Waals surface area contributed by atoms with Crippen molar-refractivity contribution in [3.05, 3.63) is 95.1 Å². The molecule has 0 radical (unpaired) electrons. The fourth-order valence-electron chi connectivity index (χ4n) is 3.76. The van der Waals surface area contributed by atoms with Crippen LogP contribution in [-0.2, 0) is 16.1 Å². The number of aromatic nitrogens is 2. The molecule has 1 atom stereocenters. The predicted octanol–water partition coefficient (Wildman–Crippen LogP) is 3.42. The predicted molar refractivity (Wildman–Crippen MR) is 114 cm³/mol. The number of hydrogen-bond acceptors (Lipinski definition) is 6. The first-order valence-corrected chi connectivity index (χ1v) is 9.74. The molecule has 156 valence electrons. The van der Waals surface area contributed by atoms with Crippen LogP contribution in [0.1, 0.15) is 28.4 Å². The first-order valence-electron chi connectivity index (χ1n) is 9.74. The van der Waals surface area contributed by atoms with Crippen LogP contribution < -0.4 is 4.74 Å². The summed E-state index contributed by atoms with van der Waals surface area (Å²) in [5.74, 6) is -1.01. The fraction of sp³-hybridized carbons (Fsp3) is 0.167. The van der Waals surface area contributed by atoms with Gasteiger partial charge in [0.05, 0.1) is 18.4 Å². The zero-order valence-electron chi connectivity index (χ0n) is 17.1. The third-order valence-electron chi connectivity index (χ3n) is 5.25. The number of likely N-dealkylation sites (tertiary alicyclic amines) is 1. The Hall–Kier alpha value is -4.00. The van der Waals surface area contributed by atoms with E-state index in [1.807, 2.05) is 13.0 Å². The summed E-state index contributed by atoms with van der Waals surface area (Å²) >= 11 is 0. The van der Waals surface area contributed by atoms with Gasteiger partial charge in [-0.25, -0.2) is 0 Å². The number of carbonyl (C=O) groups excluding carboxylic acids is 2. The number of Topliss-reactive ketones (excluding diaryl/α,β-unsaturated/α-hetero) is 1. The number of methoxy groups -OCH3 is 1. The number of carbonyl (C=O) groups is 2. The molecule has 1 aliphatic heterocycles. The molecule has 1 saturated heterocycles. The largest absolute Gasteiger partial charge is 0.507 e. The van der Waals surface area contributed by atoms with Crippen molar-refractivity contribution in [3.63, 3.8) is 0 Å². The number of hydrogen-bond donors (Lipinski definition) is 1. The highest BCUT2D eigenvalue weighted by Crippen LogP contribution is 2.39. The highest BCUT2D eigenvalue weighted by molar-refractivity contribution is 6.46. The smallest absolute Gasteiger partial charge is 0.296 e. The lowest BCUT2D eigenvalue weighted by Gasteiger charge is -2.24. The second-order valence-electron chi connectivity index (χ2n) is 7.23. The molecule has 31 heavy (non-hydrogen) atoms. The molecule has 7 heteroatoms. The number of nitrogens with zero attached hydrogens (tertiary/aromatic N) is 3.